The molecule has 0 radical (unpaired) electrons. The van der Waals surface area contributed by atoms with Gasteiger partial charge in [-0.2, -0.15) is 0 Å². The molecule has 4 heterocycles. The van der Waals surface area contributed by atoms with Crippen LogP contribution in [0.1, 0.15) is 104 Å². The smallest absolute Gasteiger partial charge is 0.315 e. The number of aromatic nitrogens is 2. The number of nitrogens with zero attached hydrogens (tertiary/aromatic N) is 4. The number of nitrogens with two attached hydrogens (primary N) is 1. The number of nitrogens with one attached hydrogen (secondary N) is 1. The van der Waals surface area contributed by atoms with E-state index in [-0.39, 0.29) is 24.1 Å². The molecule has 4 atom stereocenters. The molecule has 7 rings (SSSR count). The SMILES string of the molecule is COc1ccc2c(O[C@@H]3CC(C)N(C(N)=O)C3)cc(-c3csc(N(C(C)C)[C@]45C[C@H]4CCCCCCCCCC4(CC4)S(=O)(=O)NC5=O)n3)nc2c1. The van der Waals surface area contributed by atoms with Crippen LogP contribution in [0.4, 0.5) is 9.93 Å². The molecule has 1 aromatic carbocycles. The van der Waals surface area contributed by atoms with Crippen LogP contribution in [0.25, 0.3) is 22.3 Å². The number of rotatable bonds is 7. The highest BCUT2D eigenvalue weighted by molar-refractivity contribution is 7.91. The molecular weight excluding hydrogens is 701 g/mol. The van der Waals surface area contributed by atoms with Gasteiger partial charge in [-0.25, -0.2) is 23.2 Å². The summed E-state index contributed by atoms with van der Waals surface area (Å²) in [5.74, 6) is 0.867. The van der Waals surface area contributed by atoms with Crippen LogP contribution >= 0.6 is 11.3 Å². The molecule has 4 aliphatic rings. The number of primary amides is 1. The van der Waals surface area contributed by atoms with E-state index in [2.05, 4.69) is 9.62 Å². The third kappa shape index (κ3) is 6.92. The van der Waals surface area contributed by atoms with E-state index in [4.69, 9.17) is 25.2 Å². The molecule has 0 bridgehead atoms. The average Bonchev–Trinajstić information content (AvgIpc) is 3.94. The Hall–Kier alpha value is -3.65. The van der Waals surface area contributed by atoms with Gasteiger partial charge in [0.1, 0.15) is 28.8 Å². The van der Waals surface area contributed by atoms with Crippen LogP contribution in [0.15, 0.2) is 29.6 Å². The van der Waals surface area contributed by atoms with Crippen LogP contribution in [-0.4, -0.2) is 77.4 Å². The van der Waals surface area contributed by atoms with Gasteiger partial charge >= 0.3 is 6.03 Å². The quantitative estimate of drug-likeness (QED) is 0.266. The number of thiazole rings is 1. The third-order valence-corrected chi connectivity index (χ3v) is 14.8. The lowest BCUT2D eigenvalue weighted by molar-refractivity contribution is -0.122. The van der Waals surface area contributed by atoms with E-state index in [0.717, 1.165) is 43.9 Å². The van der Waals surface area contributed by atoms with Crippen molar-refractivity contribution >= 4 is 49.3 Å². The Kier molecular flexibility index (Phi) is 10.1. The van der Waals surface area contributed by atoms with Crippen LogP contribution < -0.4 is 24.8 Å². The standard InChI is InChI=1S/C38H52N6O6S2/c1-24(2)44(38-21-26(38)12-10-8-6-5-7-9-11-15-37(16-17-37)52(47,48)42-34(38)45)36-41-32(23-51-36)31-20-33(29-14-13-27(49-4)19-30(29)40-31)50-28-18-25(3)43(22-28)35(39)46/h13-14,19-20,23-26,28H,5-12,15-18,21-22H2,1-4H3,(H2,39,46)(H,42,45)/t25?,26-,28-,38-/m1/s1. The molecule has 14 heteroatoms. The van der Waals surface area contributed by atoms with Gasteiger partial charge in [0.05, 0.1) is 29.6 Å². The predicted molar refractivity (Wildman–Crippen MR) is 203 cm³/mol. The van der Waals surface area contributed by atoms with E-state index in [1.165, 1.54) is 24.2 Å². The first-order chi connectivity index (χ1) is 24.9. The van der Waals surface area contributed by atoms with Gasteiger partial charge in [0, 0.05) is 41.4 Å². The number of likely N-dealkylation sites (tertiary alicyclic amines) is 1. The molecule has 2 saturated heterocycles. The number of carbonyl (C=O) groups excluding carboxylic acids is 2. The van der Waals surface area contributed by atoms with Crippen LogP contribution in [0.2, 0.25) is 0 Å². The molecule has 1 spiro atoms. The maximum absolute atomic E-state index is 14.4. The molecule has 2 saturated carbocycles. The van der Waals surface area contributed by atoms with Gasteiger partial charge in [-0.1, -0.05) is 44.9 Å². The van der Waals surface area contributed by atoms with Crippen molar-refractivity contribution in [3.8, 4) is 22.9 Å². The van der Waals surface area contributed by atoms with Crippen LogP contribution in [-0.2, 0) is 14.8 Å². The highest BCUT2D eigenvalue weighted by Crippen LogP contribution is 2.56. The van der Waals surface area contributed by atoms with E-state index >= 15 is 0 Å². The lowest BCUT2D eigenvalue weighted by Crippen LogP contribution is -2.56. The minimum absolute atomic E-state index is 0.0257. The van der Waals surface area contributed by atoms with E-state index in [0.29, 0.717) is 72.2 Å². The molecule has 2 aliphatic carbocycles. The summed E-state index contributed by atoms with van der Waals surface area (Å²) >= 11 is 1.43. The molecule has 1 unspecified atom stereocenters. The van der Waals surface area contributed by atoms with Crippen molar-refractivity contribution in [2.45, 2.75) is 133 Å². The summed E-state index contributed by atoms with van der Waals surface area (Å²) in [7, 11) is -2.23. The van der Waals surface area contributed by atoms with Gasteiger partial charge in [0.2, 0.25) is 10.0 Å². The van der Waals surface area contributed by atoms with Gasteiger partial charge in [0.25, 0.3) is 5.91 Å². The number of fused-ring (bicyclic) bond motifs is 2. The fourth-order valence-electron chi connectivity index (χ4n) is 8.60. The molecule has 282 valence electrons. The van der Waals surface area contributed by atoms with E-state index in [1.54, 1.807) is 12.0 Å². The number of hydrogen-bond acceptors (Lipinski definition) is 10. The second kappa shape index (κ2) is 14.3. The van der Waals surface area contributed by atoms with Gasteiger partial charge < -0.3 is 25.0 Å². The van der Waals surface area contributed by atoms with Gasteiger partial charge in [0.15, 0.2) is 5.13 Å². The second-order valence-corrected chi connectivity index (χ2v) is 18.6. The largest absolute Gasteiger partial charge is 0.497 e. The Morgan fingerprint density at radius 3 is 2.46 bits per heavy atom. The Balaban J connectivity index is 1.22. The maximum Gasteiger partial charge on any atom is 0.315 e. The van der Waals surface area contributed by atoms with Gasteiger partial charge in [-0.05, 0) is 70.9 Å². The molecule has 2 aliphatic heterocycles. The minimum atomic E-state index is -3.84. The van der Waals surface area contributed by atoms with E-state index in [1.807, 2.05) is 50.4 Å². The summed E-state index contributed by atoms with van der Waals surface area (Å²) < 4.78 is 41.5. The first kappa shape index (κ1) is 36.7. The van der Waals surface area contributed by atoms with E-state index in [9.17, 15) is 18.0 Å². The van der Waals surface area contributed by atoms with Crippen molar-refractivity contribution in [3.63, 3.8) is 0 Å². The number of methoxy groups -OCH3 is 1. The summed E-state index contributed by atoms with van der Waals surface area (Å²) in [4.78, 5) is 40.2. The fourth-order valence-corrected chi connectivity index (χ4v) is 11.3. The highest BCUT2D eigenvalue weighted by atomic mass is 32.2. The lowest BCUT2D eigenvalue weighted by atomic mass is 10.0. The zero-order valence-corrected chi connectivity index (χ0v) is 32.4. The number of ether oxygens (including phenoxy) is 2. The Labute approximate surface area is 310 Å². The maximum atomic E-state index is 14.4. The number of benzene rings is 1. The molecule has 52 heavy (non-hydrogen) atoms. The van der Waals surface area contributed by atoms with Crippen molar-refractivity contribution in [1.29, 1.82) is 0 Å². The molecule has 2 aromatic heterocycles. The van der Waals surface area contributed by atoms with Gasteiger partial charge in [-0.15, -0.1) is 11.3 Å². The van der Waals surface area contributed by atoms with Crippen LogP contribution in [0.3, 0.4) is 0 Å². The topological polar surface area (TPSA) is 157 Å². The summed E-state index contributed by atoms with van der Waals surface area (Å²) in [5, 5.41) is 3.38. The number of sulfonamides is 1. The number of carbonyl (C=O) groups is 2. The summed E-state index contributed by atoms with van der Waals surface area (Å²) in [6, 6.07) is 6.88. The van der Waals surface area contributed by atoms with E-state index < -0.39 is 32.2 Å². The predicted octanol–water partition coefficient (Wildman–Crippen LogP) is 6.76. The minimum Gasteiger partial charge on any atom is -0.497 e. The molecular formula is C38H52N6O6S2. The normalized spacial score (nSPS) is 27.4. The summed E-state index contributed by atoms with van der Waals surface area (Å²) in [6.07, 6.45) is 11.2. The van der Waals surface area contributed by atoms with Crippen LogP contribution in [0, 0.1) is 5.92 Å². The van der Waals surface area contributed by atoms with Crippen molar-refractivity contribution < 1.29 is 27.5 Å². The fraction of sp³-hybridized carbons (Fsp3) is 0.632. The number of pyridine rings is 1. The zero-order chi connectivity index (χ0) is 36.8. The molecule has 12 nitrogen and oxygen atoms in total. The Morgan fingerprint density at radius 1 is 1.06 bits per heavy atom. The lowest BCUT2D eigenvalue weighted by Gasteiger charge is -2.36. The van der Waals surface area contributed by atoms with Crippen molar-refractivity contribution in [2.24, 2.45) is 11.7 Å². The molecule has 4 fully saturated rings. The average molecular weight is 753 g/mol. The van der Waals surface area contributed by atoms with Crippen molar-refractivity contribution in [2.75, 3.05) is 18.6 Å². The zero-order valence-electron chi connectivity index (χ0n) is 30.7. The monoisotopic (exact) mass is 752 g/mol. The van der Waals surface area contributed by atoms with Crippen molar-refractivity contribution in [3.05, 3.63) is 29.6 Å². The first-order valence-electron chi connectivity index (χ1n) is 18.9. The molecule has 3 N–H and O–H groups in total. The van der Waals surface area contributed by atoms with Gasteiger partial charge in [-0.3, -0.25) is 9.52 Å². The number of hydrogen-bond donors (Lipinski definition) is 2. The Bertz CT molecular complexity index is 1930. The summed E-state index contributed by atoms with van der Waals surface area (Å²) in [5.41, 5.74) is 6.50. The molecule has 3 aromatic rings. The number of amides is 3. The number of urea groups is 1. The molecule has 3 amide bonds. The Morgan fingerprint density at radius 2 is 1.79 bits per heavy atom. The first-order valence-corrected chi connectivity index (χ1v) is 21.3. The highest BCUT2D eigenvalue weighted by Gasteiger charge is 2.66. The second-order valence-electron chi connectivity index (χ2n) is 15.6. The third-order valence-electron chi connectivity index (χ3n) is 11.8. The summed E-state index contributed by atoms with van der Waals surface area (Å²) in [6.45, 7) is 6.42. The van der Waals surface area contributed by atoms with Crippen molar-refractivity contribution in [1.82, 2.24) is 19.6 Å². The number of anilines is 1. The van der Waals surface area contributed by atoms with Crippen LogP contribution in [0.5, 0.6) is 11.5 Å².